The van der Waals surface area contributed by atoms with Gasteiger partial charge in [0.25, 0.3) is 0 Å². The number of anilines is 1. The van der Waals surface area contributed by atoms with Gasteiger partial charge in [0, 0.05) is 24.8 Å². The number of halogens is 1. The highest BCUT2D eigenvalue weighted by Gasteiger charge is 2.19. The average Bonchev–Trinajstić information content (AvgIpc) is 3.01. The molecule has 3 nitrogen and oxygen atoms in total. The van der Waals surface area contributed by atoms with E-state index in [9.17, 15) is 5.11 Å². The molecule has 0 bridgehead atoms. The van der Waals surface area contributed by atoms with Gasteiger partial charge in [-0.1, -0.05) is 37.3 Å². The molecule has 1 heterocycles. The molecule has 4 heteroatoms. The third kappa shape index (κ3) is 3.80. The fourth-order valence-corrected chi connectivity index (χ4v) is 3.28. The number of phenolic OH excluding ortho intramolecular Hbond substituents is 1. The summed E-state index contributed by atoms with van der Waals surface area (Å²) in [5, 5.41) is 13.2. The Kier molecular flexibility index (Phi) is 5.91. The number of nitrogens with one attached hydrogen (secondary N) is 1. The standard InChI is InChI=1S/C19H24N2O.ClH/c1-3-21(14(2)16-7-5-9-18(22)12-16)13-17-8-4-6-15-10-11-20-19(15)17;/h4-9,12,14,20,22H,3,10-11,13H2,1-2H3;1H. The van der Waals surface area contributed by atoms with Gasteiger partial charge in [-0.15, -0.1) is 12.4 Å². The van der Waals surface area contributed by atoms with Crippen molar-refractivity contribution in [2.45, 2.75) is 32.9 Å². The highest BCUT2D eigenvalue weighted by Crippen LogP contribution is 2.30. The molecule has 1 unspecified atom stereocenters. The van der Waals surface area contributed by atoms with Crippen LogP contribution >= 0.6 is 12.4 Å². The van der Waals surface area contributed by atoms with Crippen molar-refractivity contribution in [1.82, 2.24) is 4.90 Å². The van der Waals surface area contributed by atoms with Crippen LogP contribution in [0.25, 0.3) is 0 Å². The number of rotatable bonds is 5. The van der Waals surface area contributed by atoms with Crippen molar-refractivity contribution >= 4 is 18.1 Å². The van der Waals surface area contributed by atoms with Crippen LogP contribution in [0.3, 0.4) is 0 Å². The Morgan fingerprint density at radius 3 is 2.74 bits per heavy atom. The second-order valence-corrected chi connectivity index (χ2v) is 5.96. The van der Waals surface area contributed by atoms with Crippen LogP contribution in [-0.4, -0.2) is 23.1 Å². The largest absolute Gasteiger partial charge is 0.508 e. The molecular formula is C19H25ClN2O. The van der Waals surface area contributed by atoms with Crippen LogP contribution in [-0.2, 0) is 13.0 Å². The molecule has 0 saturated heterocycles. The SMILES string of the molecule is CCN(Cc1cccc2c1NCC2)C(C)c1cccc(O)c1.Cl. The van der Waals surface area contributed by atoms with Crippen LogP contribution < -0.4 is 5.32 Å². The molecule has 0 aromatic heterocycles. The van der Waals surface area contributed by atoms with Crippen LogP contribution in [0, 0.1) is 0 Å². The molecular weight excluding hydrogens is 308 g/mol. The number of fused-ring (bicyclic) bond motifs is 1. The van der Waals surface area contributed by atoms with Crippen molar-refractivity contribution in [3.05, 3.63) is 59.2 Å². The van der Waals surface area contributed by atoms with E-state index in [1.54, 1.807) is 6.07 Å². The fourth-order valence-electron chi connectivity index (χ4n) is 3.28. The average molecular weight is 333 g/mol. The first-order chi connectivity index (χ1) is 10.7. The lowest BCUT2D eigenvalue weighted by molar-refractivity contribution is 0.213. The summed E-state index contributed by atoms with van der Waals surface area (Å²) < 4.78 is 0. The lowest BCUT2D eigenvalue weighted by Gasteiger charge is -2.29. The van der Waals surface area contributed by atoms with Crippen molar-refractivity contribution in [2.24, 2.45) is 0 Å². The van der Waals surface area contributed by atoms with E-state index in [1.165, 1.54) is 16.8 Å². The molecule has 2 aromatic carbocycles. The first-order valence-electron chi connectivity index (χ1n) is 8.06. The van der Waals surface area contributed by atoms with Gasteiger partial charge in [-0.2, -0.15) is 0 Å². The van der Waals surface area contributed by atoms with Crippen molar-refractivity contribution in [3.63, 3.8) is 0 Å². The van der Waals surface area contributed by atoms with Gasteiger partial charge in [-0.3, -0.25) is 4.90 Å². The second kappa shape index (κ2) is 7.71. The van der Waals surface area contributed by atoms with E-state index in [0.29, 0.717) is 5.75 Å². The van der Waals surface area contributed by atoms with Gasteiger partial charge in [-0.25, -0.2) is 0 Å². The molecule has 2 N–H and O–H groups in total. The molecule has 0 saturated carbocycles. The van der Waals surface area contributed by atoms with Gasteiger partial charge in [-0.05, 0) is 48.7 Å². The summed E-state index contributed by atoms with van der Waals surface area (Å²) in [4.78, 5) is 2.43. The monoisotopic (exact) mass is 332 g/mol. The molecule has 23 heavy (non-hydrogen) atoms. The lowest BCUT2D eigenvalue weighted by atomic mass is 10.0. The van der Waals surface area contributed by atoms with E-state index in [4.69, 9.17) is 0 Å². The smallest absolute Gasteiger partial charge is 0.115 e. The summed E-state index contributed by atoms with van der Waals surface area (Å²) in [6, 6.07) is 14.4. The first-order valence-corrected chi connectivity index (χ1v) is 8.06. The molecule has 3 rings (SSSR count). The zero-order valence-electron chi connectivity index (χ0n) is 13.7. The quantitative estimate of drug-likeness (QED) is 0.853. The van der Waals surface area contributed by atoms with E-state index < -0.39 is 0 Å². The minimum Gasteiger partial charge on any atom is -0.508 e. The summed E-state index contributed by atoms with van der Waals surface area (Å²) in [7, 11) is 0. The highest BCUT2D eigenvalue weighted by molar-refractivity contribution is 5.85. The van der Waals surface area contributed by atoms with Crippen LogP contribution in [0.15, 0.2) is 42.5 Å². The van der Waals surface area contributed by atoms with Crippen LogP contribution in [0.5, 0.6) is 5.75 Å². The number of hydrogen-bond donors (Lipinski definition) is 2. The van der Waals surface area contributed by atoms with Crippen LogP contribution in [0.1, 0.15) is 36.6 Å². The second-order valence-electron chi connectivity index (χ2n) is 5.96. The van der Waals surface area contributed by atoms with E-state index >= 15 is 0 Å². The Balaban J connectivity index is 0.00000192. The molecule has 0 radical (unpaired) electrons. The van der Waals surface area contributed by atoms with Gasteiger partial charge >= 0.3 is 0 Å². The van der Waals surface area contributed by atoms with E-state index in [1.807, 2.05) is 12.1 Å². The normalized spacial score (nSPS) is 14.0. The predicted octanol–water partition coefficient (Wildman–Crippen LogP) is 4.37. The summed E-state index contributed by atoms with van der Waals surface area (Å²) >= 11 is 0. The maximum Gasteiger partial charge on any atom is 0.115 e. The predicted molar refractivity (Wildman–Crippen MR) is 98.5 cm³/mol. The molecule has 1 atom stereocenters. The number of benzene rings is 2. The summed E-state index contributed by atoms with van der Waals surface area (Å²) in [6.07, 6.45) is 1.12. The zero-order valence-corrected chi connectivity index (χ0v) is 14.6. The highest BCUT2D eigenvalue weighted by atomic mass is 35.5. The molecule has 0 aliphatic carbocycles. The van der Waals surface area contributed by atoms with Crippen LogP contribution in [0.2, 0.25) is 0 Å². The maximum absolute atomic E-state index is 9.70. The Labute approximate surface area is 144 Å². The topological polar surface area (TPSA) is 35.5 Å². The third-order valence-corrected chi connectivity index (χ3v) is 4.61. The minimum absolute atomic E-state index is 0. The summed E-state index contributed by atoms with van der Waals surface area (Å²) in [6.45, 7) is 7.33. The number of hydrogen-bond acceptors (Lipinski definition) is 3. The number of phenols is 1. The number of aromatic hydroxyl groups is 1. The molecule has 2 aromatic rings. The third-order valence-electron chi connectivity index (χ3n) is 4.61. The van der Waals surface area contributed by atoms with E-state index in [0.717, 1.165) is 31.6 Å². The molecule has 1 aliphatic heterocycles. The number of nitrogens with zero attached hydrogens (tertiary/aromatic N) is 1. The van der Waals surface area contributed by atoms with Gasteiger partial charge in [0.15, 0.2) is 0 Å². The minimum atomic E-state index is 0. The van der Waals surface area contributed by atoms with Gasteiger partial charge in [0.1, 0.15) is 5.75 Å². The lowest BCUT2D eigenvalue weighted by Crippen LogP contribution is -2.26. The molecule has 0 amide bonds. The molecule has 124 valence electrons. The van der Waals surface area contributed by atoms with Crippen molar-refractivity contribution in [2.75, 3.05) is 18.4 Å². The zero-order chi connectivity index (χ0) is 15.5. The Morgan fingerprint density at radius 1 is 1.22 bits per heavy atom. The molecule has 1 aliphatic rings. The summed E-state index contributed by atoms with van der Waals surface area (Å²) in [5.74, 6) is 0.336. The van der Waals surface area contributed by atoms with Crippen molar-refractivity contribution < 1.29 is 5.11 Å². The van der Waals surface area contributed by atoms with Crippen molar-refractivity contribution in [3.8, 4) is 5.75 Å². The maximum atomic E-state index is 9.70. The number of para-hydroxylation sites is 1. The first kappa shape index (κ1) is 17.6. The Hall–Kier alpha value is -1.71. The Morgan fingerprint density at radius 2 is 2.00 bits per heavy atom. The van der Waals surface area contributed by atoms with Crippen molar-refractivity contribution in [1.29, 1.82) is 0 Å². The molecule has 0 fully saturated rings. The van der Waals surface area contributed by atoms with Gasteiger partial charge < -0.3 is 10.4 Å². The van der Waals surface area contributed by atoms with E-state index in [2.05, 4.69) is 48.3 Å². The Bertz CT molecular complexity index is 660. The van der Waals surface area contributed by atoms with E-state index in [-0.39, 0.29) is 18.4 Å². The van der Waals surface area contributed by atoms with Gasteiger partial charge in [0.05, 0.1) is 0 Å². The summed E-state index contributed by atoms with van der Waals surface area (Å²) in [5.41, 5.74) is 5.27. The fraction of sp³-hybridized carbons (Fsp3) is 0.368. The van der Waals surface area contributed by atoms with Gasteiger partial charge in [0.2, 0.25) is 0 Å². The molecule has 0 spiro atoms. The van der Waals surface area contributed by atoms with Crippen LogP contribution in [0.4, 0.5) is 5.69 Å².